The fourth-order valence-corrected chi connectivity index (χ4v) is 3.41. The van der Waals surface area contributed by atoms with E-state index in [-0.39, 0.29) is 0 Å². The van der Waals surface area contributed by atoms with Crippen LogP contribution in [-0.2, 0) is 0 Å². The average Bonchev–Trinajstić information content (AvgIpc) is 3.25. The van der Waals surface area contributed by atoms with E-state index in [2.05, 4.69) is 20.3 Å². The molecule has 3 aromatic heterocycles. The van der Waals surface area contributed by atoms with Gasteiger partial charge in [-0.25, -0.2) is 0 Å². The van der Waals surface area contributed by atoms with E-state index in [9.17, 15) is 0 Å². The quantitative estimate of drug-likeness (QED) is 0.517. The zero-order chi connectivity index (χ0) is 17.9. The maximum atomic E-state index is 5.71. The van der Waals surface area contributed by atoms with Gasteiger partial charge in [0, 0.05) is 11.8 Å². The lowest BCUT2D eigenvalue weighted by molar-refractivity contribution is 0.288. The Bertz CT molecular complexity index is 1030. The zero-order valence-corrected chi connectivity index (χ0v) is 15.2. The molecule has 0 aliphatic heterocycles. The van der Waals surface area contributed by atoms with Crippen molar-refractivity contribution in [2.75, 3.05) is 13.2 Å². The molecule has 0 saturated carbocycles. The van der Waals surface area contributed by atoms with Gasteiger partial charge in [0.1, 0.15) is 10.7 Å². The van der Waals surface area contributed by atoms with E-state index in [0.29, 0.717) is 29.7 Å². The zero-order valence-electron chi connectivity index (χ0n) is 14.4. The fourth-order valence-electron chi connectivity index (χ4n) is 2.57. The molecule has 26 heavy (non-hydrogen) atoms. The number of benzene rings is 1. The molecule has 0 spiro atoms. The van der Waals surface area contributed by atoms with Crippen molar-refractivity contribution >= 4 is 16.3 Å². The molecule has 0 aliphatic carbocycles. The van der Waals surface area contributed by atoms with Crippen molar-refractivity contribution in [2.45, 2.75) is 13.8 Å². The monoisotopic (exact) mass is 367 g/mol. The Morgan fingerprint density at radius 3 is 2.62 bits per heavy atom. The highest BCUT2D eigenvalue weighted by molar-refractivity contribution is 7.19. The first-order valence-electron chi connectivity index (χ1n) is 8.33. The highest BCUT2D eigenvalue weighted by atomic mass is 32.1. The second-order valence-corrected chi connectivity index (χ2v) is 6.32. The van der Waals surface area contributed by atoms with Crippen molar-refractivity contribution in [1.29, 1.82) is 0 Å². The third-order valence-electron chi connectivity index (χ3n) is 3.68. The molecule has 0 amide bonds. The molecule has 4 rings (SSSR count). The van der Waals surface area contributed by atoms with E-state index >= 15 is 0 Å². The fraction of sp³-hybridized carbons (Fsp3) is 0.222. The number of hydrogen-bond donors (Lipinski definition) is 0. The predicted molar refractivity (Wildman–Crippen MR) is 99.7 cm³/mol. The summed E-state index contributed by atoms with van der Waals surface area (Å²) < 4.78 is 13.1. The van der Waals surface area contributed by atoms with Gasteiger partial charge in [0.05, 0.1) is 13.2 Å². The van der Waals surface area contributed by atoms with Crippen LogP contribution >= 0.6 is 11.3 Å². The van der Waals surface area contributed by atoms with Gasteiger partial charge in [-0.3, -0.25) is 4.98 Å². The van der Waals surface area contributed by atoms with Crippen LogP contribution in [0.25, 0.3) is 27.1 Å². The molecule has 0 unspecified atom stereocenters. The SMILES string of the molecule is CCOc1ccc(-c2nn3c(-c4ccccn4)nnc3s2)cc1OCC. The minimum atomic E-state index is 0.568. The molecular weight excluding hydrogens is 350 g/mol. The molecule has 3 heterocycles. The first kappa shape index (κ1) is 16.5. The van der Waals surface area contributed by atoms with E-state index in [4.69, 9.17) is 9.47 Å². The minimum absolute atomic E-state index is 0.568. The molecule has 4 aromatic rings. The Balaban J connectivity index is 1.75. The number of ether oxygens (including phenoxy) is 2. The Hall–Kier alpha value is -3.00. The van der Waals surface area contributed by atoms with Crippen LogP contribution in [0.1, 0.15) is 13.8 Å². The second kappa shape index (κ2) is 7.09. The molecule has 8 heteroatoms. The first-order valence-corrected chi connectivity index (χ1v) is 9.15. The molecule has 7 nitrogen and oxygen atoms in total. The predicted octanol–water partition coefficient (Wildman–Crippen LogP) is 3.71. The van der Waals surface area contributed by atoms with Crippen LogP contribution < -0.4 is 9.47 Å². The lowest BCUT2D eigenvalue weighted by Gasteiger charge is -2.11. The van der Waals surface area contributed by atoms with Crippen LogP contribution in [0, 0.1) is 0 Å². The molecule has 0 fully saturated rings. The maximum absolute atomic E-state index is 5.71. The topological polar surface area (TPSA) is 74.4 Å². The highest BCUT2D eigenvalue weighted by Gasteiger charge is 2.16. The maximum Gasteiger partial charge on any atom is 0.235 e. The third-order valence-corrected chi connectivity index (χ3v) is 4.62. The van der Waals surface area contributed by atoms with Crippen LogP contribution in [0.15, 0.2) is 42.6 Å². The van der Waals surface area contributed by atoms with E-state index in [1.165, 1.54) is 11.3 Å². The highest BCUT2D eigenvalue weighted by Crippen LogP contribution is 2.35. The van der Waals surface area contributed by atoms with Crippen LogP contribution in [-0.4, -0.2) is 38.0 Å². The second-order valence-electron chi connectivity index (χ2n) is 5.37. The largest absolute Gasteiger partial charge is 0.490 e. The standard InChI is InChI=1S/C18H17N5O2S/c1-3-24-14-9-8-12(11-15(14)25-4-2)17-22-23-16(20-21-18(23)26-17)13-7-5-6-10-19-13/h5-11H,3-4H2,1-2H3. The molecule has 132 valence electrons. The smallest absolute Gasteiger partial charge is 0.235 e. The molecule has 0 bridgehead atoms. The molecule has 0 saturated heterocycles. The van der Waals surface area contributed by atoms with Gasteiger partial charge < -0.3 is 9.47 Å². The van der Waals surface area contributed by atoms with Crippen LogP contribution in [0.3, 0.4) is 0 Å². The van der Waals surface area contributed by atoms with E-state index in [1.54, 1.807) is 10.7 Å². The van der Waals surface area contributed by atoms with Crippen molar-refractivity contribution in [3.63, 3.8) is 0 Å². The first-order chi connectivity index (χ1) is 12.8. The Kier molecular flexibility index (Phi) is 4.49. The lowest BCUT2D eigenvalue weighted by atomic mass is 10.2. The van der Waals surface area contributed by atoms with Crippen LogP contribution in [0.2, 0.25) is 0 Å². The number of hydrogen-bond acceptors (Lipinski definition) is 7. The summed E-state index contributed by atoms with van der Waals surface area (Å²) in [5, 5.41) is 13.9. The van der Waals surface area contributed by atoms with Gasteiger partial charge in [-0.15, -0.1) is 10.2 Å². The molecule has 0 atom stereocenters. The van der Waals surface area contributed by atoms with E-state index < -0.39 is 0 Å². The summed E-state index contributed by atoms with van der Waals surface area (Å²) in [6.45, 7) is 5.05. The number of nitrogens with zero attached hydrogens (tertiary/aromatic N) is 5. The van der Waals surface area contributed by atoms with Gasteiger partial charge in [0.2, 0.25) is 10.8 Å². The molecular formula is C18H17N5O2S. The van der Waals surface area contributed by atoms with Crippen molar-refractivity contribution < 1.29 is 9.47 Å². The summed E-state index contributed by atoms with van der Waals surface area (Å²) >= 11 is 1.47. The summed E-state index contributed by atoms with van der Waals surface area (Å²) in [7, 11) is 0. The molecule has 0 radical (unpaired) electrons. The lowest BCUT2D eigenvalue weighted by Crippen LogP contribution is -1.98. The van der Waals surface area contributed by atoms with Crippen molar-refractivity contribution in [2.24, 2.45) is 0 Å². The number of fused-ring (bicyclic) bond motifs is 1. The summed E-state index contributed by atoms with van der Waals surface area (Å²) in [6.07, 6.45) is 1.73. The molecule has 1 aromatic carbocycles. The summed E-state index contributed by atoms with van der Waals surface area (Å²) in [5.41, 5.74) is 1.68. The molecule has 0 aliphatic rings. The summed E-state index contributed by atoms with van der Waals surface area (Å²) in [4.78, 5) is 5.04. The van der Waals surface area contributed by atoms with Crippen molar-refractivity contribution in [1.82, 2.24) is 24.8 Å². The normalized spacial score (nSPS) is 11.0. The minimum Gasteiger partial charge on any atom is -0.490 e. The van der Waals surface area contributed by atoms with Gasteiger partial charge in [-0.05, 0) is 44.2 Å². The van der Waals surface area contributed by atoms with Gasteiger partial charge in [-0.1, -0.05) is 17.4 Å². The Morgan fingerprint density at radius 1 is 1.00 bits per heavy atom. The average molecular weight is 367 g/mol. The van der Waals surface area contributed by atoms with Crippen molar-refractivity contribution in [3.8, 4) is 33.6 Å². The molecule has 0 N–H and O–H groups in total. The van der Waals surface area contributed by atoms with Gasteiger partial charge in [0.15, 0.2) is 11.5 Å². The Morgan fingerprint density at radius 2 is 1.85 bits per heavy atom. The van der Waals surface area contributed by atoms with E-state index in [0.717, 1.165) is 22.0 Å². The third kappa shape index (κ3) is 2.99. The Labute approximate surface area is 154 Å². The number of rotatable bonds is 6. The van der Waals surface area contributed by atoms with Gasteiger partial charge >= 0.3 is 0 Å². The van der Waals surface area contributed by atoms with Gasteiger partial charge in [-0.2, -0.15) is 9.61 Å². The van der Waals surface area contributed by atoms with Crippen molar-refractivity contribution in [3.05, 3.63) is 42.6 Å². The summed E-state index contributed by atoms with van der Waals surface area (Å²) in [5.74, 6) is 2.07. The number of aromatic nitrogens is 5. The summed E-state index contributed by atoms with van der Waals surface area (Å²) in [6, 6.07) is 11.5. The number of pyridine rings is 1. The van der Waals surface area contributed by atoms with Gasteiger partial charge in [0.25, 0.3) is 0 Å². The van der Waals surface area contributed by atoms with Crippen LogP contribution in [0.4, 0.5) is 0 Å². The van der Waals surface area contributed by atoms with Crippen LogP contribution in [0.5, 0.6) is 11.5 Å². The van der Waals surface area contributed by atoms with E-state index in [1.807, 2.05) is 50.2 Å².